The molecular weight excluding hydrogens is 286 g/mol. The number of carbonyl (C=O) groups excluding carboxylic acids is 1. The average molecular weight is 297 g/mol. The summed E-state index contributed by atoms with van der Waals surface area (Å²) in [7, 11) is 0. The zero-order chi connectivity index (χ0) is 14.7. The number of nitrogens with zero attached hydrogens (tertiary/aromatic N) is 1. The van der Waals surface area contributed by atoms with Crippen molar-refractivity contribution < 1.29 is 13.6 Å². The van der Waals surface area contributed by atoms with Crippen LogP contribution in [0.25, 0.3) is 0 Å². The molecule has 0 saturated carbocycles. The van der Waals surface area contributed by atoms with Gasteiger partial charge in [-0.25, -0.2) is 13.8 Å². The molecule has 1 atom stereocenters. The van der Waals surface area contributed by atoms with E-state index in [-0.39, 0.29) is 10.7 Å². The monoisotopic (exact) mass is 296 g/mol. The largest absolute Gasteiger partial charge is 0.345 e. The summed E-state index contributed by atoms with van der Waals surface area (Å²) < 4.78 is 26.4. The van der Waals surface area contributed by atoms with Gasteiger partial charge in [-0.05, 0) is 25.1 Å². The van der Waals surface area contributed by atoms with E-state index in [0.717, 1.165) is 12.1 Å². The minimum atomic E-state index is -0.702. The van der Waals surface area contributed by atoms with E-state index >= 15 is 0 Å². The molecule has 2 rings (SSSR count). The fraction of sp³-hybridized carbons (Fsp3) is 0.143. The van der Waals surface area contributed by atoms with Crippen LogP contribution in [0.15, 0.2) is 36.5 Å². The number of hydrogen-bond donors (Lipinski definition) is 1. The lowest BCUT2D eigenvalue weighted by Gasteiger charge is -2.15. The maximum Gasteiger partial charge on any atom is 0.253 e. The fourth-order valence-corrected chi connectivity index (χ4v) is 1.83. The second-order valence-electron chi connectivity index (χ2n) is 4.23. The Kier molecular flexibility index (Phi) is 4.29. The Balaban J connectivity index is 2.12. The van der Waals surface area contributed by atoms with Crippen LogP contribution in [0.4, 0.5) is 8.78 Å². The molecule has 104 valence electrons. The summed E-state index contributed by atoms with van der Waals surface area (Å²) in [4.78, 5) is 15.7. The van der Waals surface area contributed by atoms with Crippen molar-refractivity contribution in [1.82, 2.24) is 10.3 Å². The predicted octanol–water partition coefficient (Wildman–Crippen LogP) is 3.50. The summed E-state index contributed by atoms with van der Waals surface area (Å²) in [5.41, 5.74) is 0.519. The van der Waals surface area contributed by atoms with Crippen LogP contribution in [0, 0.1) is 11.6 Å². The first kappa shape index (κ1) is 14.4. The second-order valence-corrected chi connectivity index (χ2v) is 4.62. The zero-order valence-electron chi connectivity index (χ0n) is 10.5. The summed E-state index contributed by atoms with van der Waals surface area (Å²) in [6.07, 6.45) is 1.32. The highest BCUT2D eigenvalue weighted by molar-refractivity contribution is 6.29. The molecule has 20 heavy (non-hydrogen) atoms. The van der Waals surface area contributed by atoms with Crippen LogP contribution in [0.3, 0.4) is 0 Å². The minimum absolute atomic E-state index is 0.210. The van der Waals surface area contributed by atoms with E-state index in [1.165, 1.54) is 24.4 Å². The van der Waals surface area contributed by atoms with Crippen molar-refractivity contribution in [2.45, 2.75) is 13.0 Å². The normalized spacial score (nSPS) is 12.0. The smallest absolute Gasteiger partial charge is 0.253 e. The number of nitrogens with one attached hydrogen (secondary N) is 1. The Bertz CT molecular complexity index is 632. The molecule has 0 spiro atoms. The first-order chi connectivity index (χ1) is 9.47. The van der Waals surface area contributed by atoms with Crippen molar-refractivity contribution in [2.24, 2.45) is 0 Å². The third-order valence-corrected chi connectivity index (χ3v) is 2.99. The number of aromatic nitrogens is 1. The lowest BCUT2D eigenvalue weighted by molar-refractivity contribution is 0.0939. The Labute approximate surface area is 119 Å². The Morgan fingerprint density at radius 1 is 1.30 bits per heavy atom. The number of hydrogen-bond acceptors (Lipinski definition) is 2. The highest BCUT2D eigenvalue weighted by atomic mass is 35.5. The van der Waals surface area contributed by atoms with Gasteiger partial charge < -0.3 is 5.32 Å². The van der Waals surface area contributed by atoms with E-state index in [9.17, 15) is 13.6 Å². The molecule has 0 aliphatic heterocycles. The molecule has 0 aliphatic rings. The molecule has 3 nitrogen and oxygen atoms in total. The van der Waals surface area contributed by atoms with Crippen LogP contribution >= 0.6 is 11.6 Å². The van der Waals surface area contributed by atoms with Crippen molar-refractivity contribution in [2.75, 3.05) is 0 Å². The molecule has 1 unspecified atom stereocenters. The minimum Gasteiger partial charge on any atom is -0.345 e. The number of halogens is 3. The SMILES string of the molecule is CC(NC(=O)c1ccc(Cl)nc1)c1ccc(F)cc1F. The first-order valence-electron chi connectivity index (χ1n) is 5.84. The molecule has 1 aromatic carbocycles. The molecule has 0 bridgehead atoms. The maximum absolute atomic E-state index is 13.6. The van der Waals surface area contributed by atoms with Crippen LogP contribution in [-0.2, 0) is 0 Å². The summed E-state index contributed by atoms with van der Waals surface area (Å²) in [6.45, 7) is 1.61. The summed E-state index contributed by atoms with van der Waals surface area (Å²) in [5, 5.41) is 2.88. The third kappa shape index (κ3) is 3.30. The van der Waals surface area contributed by atoms with E-state index in [1.54, 1.807) is 6.92 Å². The van der Waals surface area contributed by atoms with Crippen molar-refractivity contribution in [3.8, 4) is 0 Å². The van der Waals surface area contributed by atoms with Crippen molar-refractivity contribution in [1.29, 1.82) is 0 Å². The topological polar surface area (TPSA) is 42.0 Å². The van der Waals surface area contributed by atoms with E-state index < -0.39 is 23.6 Å². The van der Waals surface area contributed by atoms with Gasteiger partial charge in [0.1, 0.15) is 16.8 Å². The van der Waals surface area contributed by atoms with Gasteiger partial charge in [0.05, 0.1) is 11.6 Å². The van der Waals surface area contributed by atoms with Gasteiger partial charge >= 0.3 is 0 Å². The van der Waals surface area contributed by atoms with Gasteiger partial charge in [-0.2, -0.15) is 0 Å². The molecule has 0 aliphatic carbocycles. The molecular formula is C14H11ClF2N2O. The molecule has 0 saturated heterocycles. The van der Waals surface area contributed by atoms with Gasteiger partial charge in [-0.1, -0.05) is 17.7 Å². The van der Waals surface area contributed by atoms with Gasteiger partial charge in [-0.15, -0.1) is 0 Å². The van der Waals surface area contributed by atoms with E-state index in [2.05, 4.69) is 10.3 Å². The summed E-state index contributed by atoms with van der Waals surface area (Å²) >= 11 is 5.63. The van der Waals surface area contributed by atoms with Gasteiger partial charge in [0.2, 0.25) is 0 Å². The van der Waals surface area contributed by atoms with Gasteiger partial charge in [-0.3, -0.25) is 4.79 Å². The van der Waals surface area contributed by atoms with Crippen molar-refractivity contribution in [3.05, 3.63) is 64.4 Å². The van der Waals surface area contributed by atoms with Crippen LogP contribution < -0.4 is 5.32 Å². The van der Waals surface area contributed by atoms with E-state index in [0.29, 0.717) is 5.56 Å². The first-order valence-corrected chi connectivity index (χ1v) is 6.22. The predicted molar refractivity (Wildman–Crippen MR) is 71.5 cm³/mol. The van der Waals surface area contributed by atoms with Gasteiger partial charge in [0.25, 0.3) is 5.91 Å². The van der Waals surface area contributed by atoms with E-state index in [4.69, 9.17) is 11.6 Å². The molecule has 1 N–H and O–H groups in total. The number of rotatable bonds is 3. The lowest BCUT2D eigenvalue weighted by atomic mass is 10.1. The third-order valence-electron chi connectivity index (χ3n) is 2.77. The molecule has 1 aromatic heterocycles. The van der Waals surface area contributed by atoms with Gasteiger partial charge in [0, 0.05) is 17.8 Å². The maximum atomic E-state index is 13.6. The standard InChI is InChI=1S/C14H11ClF2N2O/c1-8(11-4-3-10(16)6-12(11)17)19-14(20)9-2-5-13(15)18-7-9/h2-8H,1H3,(H,19,20). The number of carbonyl (C=O) groups is 1. The number of pyridine rings is 1. The Morgan fingerprint density at radius 3 is 2.65 bits per heavy atom. The van der Waals surface area contributed by atoms with Crippen molar-refractivity contribution >= 4 is 17.5 Å². The molecule has 0 fully saturated rings. The van der Waals surface area contributed by atoms with E-state index in [1.807, 2.05) is 0 Å². The number of amides is 1. The lowest BCUT2D eigenvalue weighted by Crippen LogP contribution is -2.27. The van der Waals surface area contributed by atoms with Gasteiger partial charge in [0.15, 0.2) is 0 Å². The van der Waals surface area contributed by atoms with Crippen LogP contribution in [0.5, 0.6) is 0 Å². The molecule has 6 heteroatoms. The molecule has 0 radical (unpaired) electrons. The van der Waals surface area contributed by atoms with Crippen LogP contribution in [0.2, 0.25) is 5.15 Å². The highest BCUT2D eigenvalue weighted by Gasteiger charge is 2.15. The van der Waals surface area contributed by atoms with Crippen LogP contribution in [0.1, 0.15) is 28.9 Å². The Hall–Kier alpha value is -2.01. The zero-order valence-corrected chi connectivity index (χ0v) is 11.3. The fourth-order valence-electron chi connectivity index (χ4n) is 1.72. The molecule has 1 amide bonds. The second kappa shape index (κ2) is 5.96. The molecule has 1 heterocycles. The summed E-state index contributed by atoms with van der Waals surface area (Å²) in [5.74, 6) is -1.77. The molecule has 2 aromatic rings. The highest BCUT2D eigenvalue weighted by Crippen LogP contribution is 2.18. The quantitative estimate of drug-likeness (QED) is 0.881. The summed E-state index contributed by atoms with van der Waals surface area (Å²) in [6, 6.07) is 5.62. The average Bonchev–Trinajstić information content (AvgIpc) is 2.39. The van der Waals surface area contributed by atoms with Crippen molar-refractivity contribution in [3.63, 3.8) is 0 Å². The van der Waals surface area contributed by atoms with Crippen LogP contribution in [-0.4, -0.2) is 10.9 Å². The Morgan fingerprint density at radius 2 is 2.05 bits per heavy atom. The number of benzene rings is 1.